The fourth-order valence-corrected chi connectivity index (χ4v) is 2.71. The van der Waals surface area contributed by atoms with Gasteiger partial charge in [-0.25, -0.2) is 0 Å². The third-order valence-electron chi connectivity index (χ3n) is 3.38. The van der Waals surface area contributed by atoms with Gasteiger partial charge < -0.3 is 14.8 Å². The average molecular weight is 423 g/mol. The van der Waals surface area contributed by atoms with E-state index in [1.165, 1.54) is 31.4 Å². The summed E-state index contributed by atoms with van der Waals surface area (Å²) in [4.78, 5) is 33.4. The van der Waals surface area contributed by atoms with Gasteiger partial charge in [-0.1, -0.05) is 0 Å². The van der Waals surface area contributed by atoms with Crippen LogP contribution in [0, 0.1) is 17.0 Å². The minimum absolute atomic E-state index is 0.0363. The molecule has 0 unspecified atom stereocenters. The van der Waals surface area contributed by atoms with E-state index in [0.717, 1.165) is 0 Å². The van der Waals surface area contributed by atoms with E-state index in [9.17, 15) is 19.7 Å². The smallest absolute Gasteiger partial charge is 0.325 e. The number of esters is 1. The lowest BCUT2D eigenvalue weighted by atomic mass is 10.1. The van der Waals surface area contributed by atoms with Crippen molar-refractivity contribution in [2.24, 2.45) is 0 Å². The van der Waals surface area contributed by atoms with E-state index in [1.807, 2.05) is 0 Å². The summed E-state index contributed by atoms with van der Waals surface area (Å²) in [5, 5.41) is 13.1. The maximum absolute atomic E-state index is 12.1. The largest absolute Gasteiger partial charge is 0.468 e. The van der Waals surface area contributed by atoms with Crippen molar-refractivity contribution in [3.63, 3.8) is 0 Å². The maximum atomic E-state index is 12.1. The number of aryl methyl sites for hydroxylation is 1. The number of carbonyl (C=O) groups excluding carboxylic acids is 2. The fourth-order valence-electron chi connectivity index (χ4n) is 2.07. The molecule has 0 fully saturated rings. The standard InChI is InChI=1S/C17H15BrN2O6/c1-10-7-11(17(22)19-9-15(21)25-2)8-14(18)16(10)26-13-5-3-12(4-6-13)20(23)24/h3-8H,9H2,1-2H3,(H,19,22). The first-order chi connectivity index (χ1) is 12.3. The molecule has 0 atom stereocenters. The molecule has 2 rings (SSSR count). The van der Waals surface area contributed by atoms with Crippen molar-refractivity contribution in [2.45, 2.75) is 6.92 Å². The first-order valence-corrected chi connectivity index (χ1v) is 8.18. The van der Waals surface area contributed by atoms with Gasteiger partial charge in [0, 0.05) is 17.7 Å². The predicted octanol–water partition coefficient (Wildman–Crippen LogP) is 3.36. The highest BCUT2D eigenvalue weighted by Crippen LogP contribution is 2.34. The Morgan fingerprint density at radius 1 is 1.23 bits per heavy atom. The third-order valence-corrected chi connectivity index (χ3v) is 3.97. The van der Waals surface area contributed by atoms with Gasteiger partial charge in [0.15, 0.2) is 0 Å². The Morgan fingerprint density at radius 3 is 2.42 bits per heavy atom. The van der Waals surface area contributed by atoms with Crippen molar-refractivity contribution < 1.29 is 24.0 Å². The lowest BCUT2D eigenvalue weighted by molar-refractivity contribution is -0.384. The number of non-ortho nitro benzene ring substituents is 1. The zero-order valence-electron chi connectivity index (χ0n) is 13.9. The Kier molecular flexibility index (Phi) is 6.29. The van der Waals surface area contributed by atoms with Gasteiger partial charge in [0.25, 0.3) is 11.6 Å². The summed E-state index contributed by atoms with van der Waals surface area (Å²) in [5.74, 6) is -0.0842. The van der Waals surface area contributed by atoms with Gasteiger partial charge in [-0.2, -0.15) is 0 Å². The zero-order chi connectivity index (χ0) is 19.3. The number of carbonyl (C=O) groups is 2. The van der Waals surface area contributed by atoms with Gasteiger partial charge in [-0.05, 0) is 52.7 Å². The number of amides is 1. The fraction of sp³-hybridized carbons (Fsp3) is 0.176. The minimum atomic E-state index is -0.549. The van der Waals surface area contributed by atoms with E-state index < -0.39 is 16.8 Å². The second-order valence-electron chi connectivity index (χ2n) is 5.22. The molecule has 26 heavy (non-hydrogen) atoms. The van der Waals surface area contributed by atoms with Gasteiger partial charge >= 0.3 is 5.97 Å². The van der Waals surface area contributed by atoms with Crippen molar-refractivity contribution in [1.82, 2.24) is 5.32 Å². The molecule has 0 heterocycles. The number of nitrogens with zero attached hydrogens (tertiary/aromatic N) is 1. The highest BCUT2D eigenvalue weighted by atomic mass is 79.9. The summed E-state index contributed by atoms with van der Waals surface area (Å²) in [5.41, 5.74) is 0.973. The highest BCUT2D eigenvalue weighted by Gasteiger charge is 2.15. The molecule has 2 aromatic carbocycles. The van der Waals surface area contributed by atoms with Gasteiger partial charge in [0.2, 0.25) is 0 Å². The molecule has 0 aliphatic rings. The minimum Gasteiger partial charge on any atom is -0.468 e. The molecular formula is C17H15BrN2O6. The van der Waals surface area contributed by atoms with E-state index >= 15 is 0 Å². The van der Waals surface area contributed by atoms with E-state index in [1.54, 1.807) is 19.1 Å². The Bertz CT molecular complexity index is 828. The molecule has 8 nitrogen and oxygen atoms in total. The van der Waals surface area contributed by atoms with Gasteiger partial charge in [0.1, 0.15) is 18.0 Å². The van der Waals surface area contributed by atoms with Crippen LogP contribution >= 0.6 is 15.9 Å². The number of nitrogens with one attached hydrogen (secondary N) is 1. The second kappa shape index (κ2) is 8.43. The summed E-state index contributed by atoms with van der Waals surface area (Å²) in [6, 6.07) is 8.82. The molecule has 136 valence electrons. The number of rotatable bonds is 6. The SMILES string of the molecule is COC(=O)CNC(=O)c1cc(C)c(Oc2ccc([N+](=O)[O-])cc2)c(Br)c1. The molecule has 0 aliphatic carbocycles. The molecule has 0 radical (unpaired) electrons. The number of hydrogen-bond donors (Lipinski definition) is 1. The van der Waals surface area contributed by atoms with Crippen molar-refractivity contribution in [1.29, 1.82) is 0 Å². The molecule has 0 saturated heterocycles. The van der Waals surface area contributed by atoms with Crippen LogP contribution < -0.4 is 10.1 Å². The van der Waals surface area contributed by atoms with Crippen LogP contribution in [0.2, 0.25) is 0 Å². The van der Waals surface area contributed by atoms with Crippen LogP contribution in [0.15, 0.2) is 40.9 Å². The van der Waals surface area contributed by atoms with Crippen LogP contribution in [0.5, 0.6) is 11.5 Å². The van der Waals surface area contributed by atoms with Crippen molar-refractivity contribution >= 4 is 33.5 Å². The predicted molar refractivity (Wildman–Crippen MR) is 96.4 cm³/mol. The van der Waals surface area contributed by atoms with Crippen LogP contribution in [0.1, 0.15) is 15.9 Å². The molecule has 9 heteroatoms. The molecule has 0 aliphatic heterocycles. The molecule has 1 amide bonds. The summed E-state index contributed by atoms with van der Waals surface area (Å²) < 4.78 is 10.7. The van der Waals surface area contributed by atoms with Gasteiger partial charge in [-0.15, -0.1) is 0 Å². The summed E-state index contributed by atoms with van der Waals surface area (Å²) in [6.07, 6.45) is 0. The quantitative estimate of drug-likeness (QED) is 0.434. The van der Waals surface area contributed by atoms with E-state index in [4.69, 9.17) is 4.74 Å². The summed E-state index contributed by atoms with van der Waals surface area (Å²) >= 11 is 3.35. The average Bonchev–Trinajstić information content (AvgIpc) is 2.62. The molecule has 2 aromatic rings. The second-order valence-corrected chi connectivity index (χ2v) is 6.07. The number of hydrogen-bond acceptors (Lipinski definition) is 6. The first kappa shape index (κ1) is 19.4. The van der Waals surface area contributed by atoms with Crippen LogP contribution in [0.4, 0.5) is 5.69 Å². The van der Waals surface area contributed by atoms with Gasteiger partial charge in [-0.3, -0.25) is 19.7 Å². The van der Waals surface area contributed by atoms with Crippen LogP contribution in [0.3, 0.4) is 0 Å². The molecule has 1 N–H and O–H groups in total. The van der Waals surface area contributed by atoms with E-state index in [2.05, 4.69) is 26.0 Å². The van der Waals surface area contributed by atoms with Crippen LogP contribution in [-0.4, -0.2) is 30.5 Å². The molecule has 0 spiro atoms. The molecule has 0 saturated carbocycles. The van der Waals surface area contributed by atoms with E-state index in [-0.39, 0.29) is 12.2 Å². The molecule has 0 aromatic heterocycles. The Balaban J connectivity index is 2.17. The topological polar surface area (TPSA) is 108 Å². The number of ether oxygens (including phenoxy) is 2. The Labute approximate surface area is 157 Å². The highest BCUT2D eigenvalue weighted by molar-refractivity contribution is 9.10. The van der Waals surface area contributed by atoms with Crippen LogP contribution in [-0.2, 0) is 9.53 Å². The van der Waals surface area contributed by atoms with Crippen LogP contribution in [0.25, 0.3) is 0 Å². The monoisotopic (exact) mass is 422 g/mol. The van der Waals surface area contributed by atoms with Crippen molar-refractivity contribution in [2.75, 3.05) is 13.7 Å². The normalized spacial score (nSPS) is 10.1. The number of nitro groups is 1. The number of halogens is 1. The third kappa shape index (κ3) is 4.79. The Morgan fingerprint density at radius 2 is 1.88 bits per heavy atom. The first-order valence-electron chi connectivity index (χ1n) is 7.39. The zero-order valence-corrected chi connectivity index (χ0v) is 15.5. The number of nitro benzene ring substituents is 1. The summed E-state index contributed by atoms with van der Waals surface area (Å²) in [6.45, 7) is 1.52. The summed E-state index contributed by atoms with van der Waals surface area (Å²) in [7, 11) is 1.24. The lowest BCUT2D eigenvalue weighted by Crippen LogP contribution is -2.30. The van der Waals surface area contributed by atoms with Crippen molar-refractivity contribution in [3.8, 4) is 11.5 Å². The van der Waals surface area contributed by atoms with E-state index in [0.29, 0.717) is 27.1 Å². The maximum Gasteiger partial charge on any atom is 0.325 e. The lowest BCUT2D eigenvalue weighted by Gasteiger charge is -2.13. The number of methoxy groups -OCH3 is 1. The Hall–Kier alpha value is -2.94. The number of benzene rings is 2. The molecule has 0 bridgehead atoms. The van der Waals surface area contributed by atoms with Crippen molar-refractivity contribution in [3.05, 3.63) is 62.1 Å². The molecular weight excluding hydrogens is 408 g/mol. The van der Waals surface area contributed by atoms with Gasteiger partial charge in [0.05, 0.1) is 16.5 Å².